The summed E-state index contributed by atoms with van der Waals surface area (Å²) in [6, 6.07) is 7.78. The van der Waals surface area contributed by atoms with E-state index in [1.54, 1.807) is 0 Å². The van der Waals surface area contributed by atoms with Gasteiger partial charge in [-0.3, -0.25) is 0 Å². The van der Waals surface area contributed by atoms with Crippen LogP contribution in [0.25, 0.3) is 0 Å². The highest BCUT2D eigenvalue weighted by atomic mass is 16.6. The van der Waals surface area contributed by atoms with Gasteiger partial charge in [-0.15, -0.1) is 0 Å². The number of piperidine rings is 2. The van der Waals surface area contributed by atoms with Crippen LogP contribution in [0.4, 0.5) is 9.59 Å². The molecule has 4 aliphatic heterocycles. The molecule has 4 aliphatic rings. The predicted octanol–water partition coefficient (Wildman–Crippen LogP) is 5.27. The van der Waals surface area contributed by atoms with Crippen molar-refractivity contribution in [3.8, 4) is 0 Å². The summed E-state index contributed by atoms with van der Waals surface area (Å²) in [6.07, 6.45) is 0.899. The van der Waals surface area contributed by atoms with Gasteiger partial charge >= 0.3 is 24.1 Å². The minimum atomic E-state index is -0.505. The third kappa shape index (κ3) is 9.14. The van der Waals surface area contributed by atoms with Gasteiger partial charge in [-0.1, -0.05) is 12.1 Å². The lowest BCUT2D eigenvalue weighted by molar-refractivity contribution is 0.0482. The number of nitrogens with one attached hydrogen (secondary N) is 4. The lowest BCUT2D eigenvalue weighted by Gasteiger charge is -2.32. The van der Waals surface area contributed by atoms with Crippen molar-refractivity contribution >= 4 is 24.1 Å². The van der Waals surface area contributed by atoms with Crippen LogP contribution < -0.4 is 21.3 Å². The van der Waals surface area contributed by atoms with Crippen molar-refractivity contribution in [1.82, 2.24) is 21.3 Å². The standard InChI is InChI=1S/2C19H26N2O4/c2*1-11-14(5-6-15-16(11)10-24-17(15)22)12-7-13(9-20-8-12)21-18(23)25-19(2,3)4/h2*5-6,12-13,20H,7-10H2,1-4H3,(H,21,23). The van der Waals surface area contributed by atoms with Crippen LogP contribution in [0.2, 0.25) is 0 Å². The summed E-state index contributed by atoms with van der Waals surface area (Å²) in [5, 5.41) is 12.7. The van der Waals surface area contributed by atoms with Gasteiger partial charge in [-0.2, -0.15) is 0 Å². The van der Waals surface area contributed by atoms with Crippen LogP contribution in [0.15, 0.2) is 24.3 Å². The van der Waals surface area contributed by atoms with Crippen LogP contribution in [-0.4, -0.2) is 73.6 Å². The number of cyclic esters (lactones) is 2. The number of carbonyl (C=O) groups excluding carboxylic acids is 4. The van der Waals surface area contributed by atoms with E-state index >= 15 is 0 Å². The molecule has 2 aromatic rings. The minimum Gasteiger partial charge on any atom is -0.457 e. The van der Waals surface area contributed by atoms with Crippen LogP contribution in [-0.2, 0) is 32.2 Å². The average Bonchev–Trinajstić information content (AvgIpc) is 3.59. The number of rotatable bonds is 4. The van der Waals surface area contributed by atoms with E-state index in [4.69, 9.17) is 18.9 Å². The first-order chi connectivity index (χ1) is 23.5. The molecule has 2 saturated heterocycles. The van der Waals surface area contributed by atoms with E-state index in [-0.39, 0.29) is 48.0 Å². The maximum absolute atomic E-state index is 12.0. The van der Waals surface area contributed by atoms with Crippen LogP contribution >= 0.6 is 0 Å². The second-order valence-electron chi connectivity index (χ2n) is 15.6. The number of hydrogen-bond donors (Lipinski definition) is 4. The molecule has 2 fully saturated rings. The van der Waals surface area contributed by atoms with E-state index in [0.29, 0.717) is 24.3 Å². The van der Waals surface area contributed by atoms with Gasteiger partial charge in [0, 0.05) is 49.4 Å². The first kappa shape index (κ1) is 37.1. The third-order valence-electron chi connectivity index (χ3n) is 9.44. The quantitative estimate of drug-likeness (QED) is 0.246. The summed E-state index contributed by atoms with van der Waals surface area (Å²) in [4.78, 5) is 47.4. The summed E-state index contributed by atoms with van der Waals surface area (Å²) >= 11 is 0. The Morgan fingerprint density at radius 2 is 1.04 bits per heavy atom. The highest BCUT2D eigenvalue weighted by Gasteiger charge is 2.32. The smallest absolute Gasteiger partial charge is 0.407 e. The predicted molar refractivity (Wildman–Crippen MR) is 187 cm³/mol. The van der Waals surface area contributed by atoms with E-state index < -0.39 is 11.2 Å². The Morgan fingerprint density at radius 1 is 0.660 bits per heavy atom. The van der Waals surface area contributed by atoms with Crippen molar-refractivity contribution in [1.29, 1.82) is 0 Å². The molecule has 2 aromatic carbocycles. The second kappa shape index (κ2) is 15.0. The maximum Gasteiger partial charge on any atom is 0.407 e. The molecule has 0 saturated carbocycles. The van der Waals surface area contributed by atoms with E-state index in [0.717, 1.165) is 61.3 Å². The highest BCUT2D eigenvalue weighted by Crippen LogP contribution is 2.34. The summed E-state index contributed by atoms with van der Waals surface area (Å²) in [6.45, 7) is 19.1. The van der Waals surface area contributed by atoms with E-state index in [1.165, 1.54) is 11.1 Å². The van der Waals surface area contributed by atoms with Crippen molar-refractivity contribution in [3.05, 3.63) is 68.8 Å². The first-order valence-corrected chi connectivity index (χ1v) is 17.5. The zero-order valence-corrected chi connectivity index (χ0v) is 30.5. The van der Waals surface area contributed by atoms with Gasteiger partial charge < -0.3 is 40.2 Å². The average molecular weight is 693 g/mol. The van der Waals surface area contributed by atoms with Crippen molar-refractivity contribution in [2.75, 3.05) is 26.2 Å². The molecule has 6 rings (SSSR count). The van der Waals surface area contributed by atoms with E-state index in [1.807, 2.05) is 79.7 Å². The van der Waals surface area contributed by atoms with Crippen molar-refractivity contribution in [2.45, 2.75) is 117 Å². The highest BCUT2D eigenvalue weighted by molar-refractivity contribution is 5.94. The Bertz CT molecular complexity index is 1510. The summed E-state index contributed by atoms with van der Waals surface area (Å²) in [7, 11) is 0. The third-order valence-corrected chi connectivity index (χ3v) is 9.44. The Labute approximate surface area is 294 Å². The van der Waals surface area contributed by atoms with Gasteiger partial charge in [0.25, 0.3) is 0 Å². The van der Waals surface area contributed by atoms with Gasteiger partial charge in [0.2, 0.25) is 0 Å². The summed E-state index contributed by atoms with van der Waals surface area (Å²) < 4.78 is 21.0. The molecule has 12 nitrogen and oxygen atoms in total. The minimum absolute atomic E-state index is 0.0131. The Balaban J connectivity index is 0.000000194. The monoisotopic (exact) mass is 692 g/mol. The van der Waals surface area contributed by atoms with Crippen LogP contribution in [0, 0.1) is 13.8 Å². The van der Waals surface area contributed by atoms with Crippen molar-refractivity contribution in [2.24, 2.45) is 0 Å². The molecule has 0 bridgehead atoms. The molecule has 4 atom stereocenters. The molecular formula is C38H52N4O8. The molecule has 2 amide bonds. The molecule has 4 unspecified atom stereocenters. The number of benzene rings is 2. The van der Waals surface area contributed by atoms with Gasteiger partial charge in [0.15, 0.2) is 0 Å². The molecular weight excluding hydrogens is 640 g/mol. The SMILES string of the molecule is Cc1c(C2CNCC(NC(=O)OC(C)(C)C)C2)ccc2c1COC2=O.Cc1c(C2CNCC(NC(=O)OC(C)(C)C)C2)ccc2c1COC2=O. The summed E-state index contributed by atoms with van der Waals surface area (Å²) in [5.41, 5.74) is 6.97. The molecule has 0 aliphatic carbocycles. The largest absolute Gasteiger partial charge is 0.457 e. The zero-order valence-electron chi connectivity index (χ0n) is 30.5. The van der Waals surface area contributed by atoms with Crippen LogP contribution in [0.5, 0.6) is 0 Å². The van der Waals surface area contributed by atoms with Crippen LogP contribution in [0.1, 0.15) is 120 Å². The van der Waals surface area contributed by atoms with E-state index in [2.05, 4.69) is 21.3 Å². The molecule has 0 aromatic heterocycles. The van der Waals surface area contributed by atoms with Gasteiger partial charge in [-0.25, -0.2) is 19.2 Å². The Kier molecular flexibility index (Phi) is 11.1. The summed E-state index contributed by atoms with van der Waals surface area (Å²) in [5.74, 6) is 0.0659. The first-order valence-electron chi connectivity index (χ1n) is 17.5. The topological polar surface area (TPSA) is 153 Å². The molecule has 0 radical (unpaired) electrons. The Morgan fingerprint density at radius 3 is 1.40 bits per heavy atom. The fraction of sp³-hybridized carbons (Fsp3) is 0.579. The lowest BCUT2D eigenvalue weighted by atomic mass is 9.84. The lowest BCUT2D eigenvalue weighted by Crippen LogP contribution is -2.49. The van der Waals surface area contributed by atoms with Crippen molar-refractivity contribution < 1.29 is 38.1 Å². The van der Waals surface area contributed by atoms with Gasteiger partial charge in [0.05, 0.1) is 11.1 Å². The van der Waals surface area contributed by atoms with E-state index in [9.17, 15) is 19.2 Å². The normalized spacial score (nSPS) is 23.0. The number of ether oxygens (including phenoxy) is 4. The number of hydrogen-bond acceptors (Lipinski definition) is 10. The molecule has 4 heterocycles. The number of carbonyl (C=O) groups is 4. The van der Waals surface area contributed by atoms with Gasteiger partial charge in [0.1, 0.15) is 24.4 Å². The Hall–Kier alpha value is -4.16. The fourth-order valence-corrected chi connectivity index (χ4v) is 7.15. The molecule has 4 N–H and O–H groups in total. The van der Waals surface area contributed by atoms with Crippen LogP contribution in [0.3, 0.4) is 0 Å². The number of amides is 2. The maximum atomic E-state index is 12.0. The van der Waals surface area contributed by atoms with Crippen molar-refractivity contribution in [3.63, 3.8) is 0 Å². The number of esters is 2. The second-order valence-corrected chi connectivity index (χ2v) is 15.6. The fourth-order valence-electron chi connectivity index (χ4n) is 7.15. The number of alkyl carbamates (subject to hydrolysis) is 2. The molecule has 0 spiro atoms. The number of fused-ring (bicyclic) bond motifs is 2. The molecule has 50 heavy (non-hydrogen) atoms. The van der Waals surface area contributed by atoms with Gasteiger partial charge in [-0.05, 0) is 114 Å². The molecule has 272 valence electrons. The molecule has 12 heteroatoms. The zero-order chi connectivity index (χ0) is 36.4.